The molecule has 1 aliphatic rings. The minimum absolute atomic E-state index is 0.0906. The van der Waals surface area contributed by atoms with Gasteiger partial charge in [-0.3, -0.25) is 4.79 Å². The second-order valence-electron chi connectivity index (χ2n) is 5.64. The van der Waals surface area contributed by atoms with Crippen molar-refractivity contribution < 1.29 is 19.1 Å². The Balaban J connectivity index is 1.79. The van der Waals surface area contributed by atoms with Gasteiger partial charge in [-0.25, -0.2) is 4.79 Å². The molecular weight excluding hydrogens is 280 g/mol. The van der Waals surface area contributed by atoms with Crippen molar-refractivity contribution in [2.75, 3.05) is 0 Å². The summed E-state index contributed by atoms with van der Waals surface area (Å²) in [5.74, 6) is -0.0366. The number of hydrogen-bond acceptors (Lipinski definition) is 4. The average molecular weight is 302 g/mol. The van der Waals surface area contributed by atoms with E-state index in [0.717, 1.165) is 5.56 Å². The van der Waals surface area contributed by atoms with Crippen LogP contribution in [0.5, 0.6) is 5.75 Å². The Morgan fingerprint density at radius 1 is 1.09 bits per heavy atom. The maximum Gasteiger partial charge on any atom is 0.330 e. The Morgan fingerprint density at radius 2 is 1.73 bits per heavy atom. The molecule has 1 aromatic rings. The summed E-state index contributed by atoms with van der Waals surface area (Å²) in [4.78, 5) is 23.5. The van der Waals surface area contributed by atoms with Gasteiger partial charge < -0.3 is 9.47 Å². The first-order chi connectivity index (χ1) is 10.6. The summed E-state index contributed by atoms with van der Waals surface area (Å²) in [5, 5.41) is 0. The number of benzene rings is 1. The monoisotopic (exact) mass is 302 g/mol. The SMILES string of the molecule is CC=CC(=O)OC1CCC(C(=O)Oc2ccc(C)cc2)CC1. The fourth-order valence-electron chi connectivity index (χ4n) is 2.56. The molecule has 0 bridgehead atoms. The van der Waals surface area contributed by atoms with Crippen LogP contribution in [0.15, 0.2) is 36.4 Å². The zero-order chi connectivity index (χ0) is 15.9. The van der Waals surface area contributed by atoms with E-state index < -0.39 is 0 Å². The molecule has 1 saturated carbocycles. The van der Waals surface area contributed by atoms with E-state index >= 15 is 0 Å². The molecule has 1 fully saturated rings. The van der Waals surface area contributed by atoms with Crippen LogP contribution in [0.1, 0.15) is 38.2 Å². The van der Waals surface area contributed by atoms with Gasteiger partial charge >= 0.3 is 11.9 Å². The second-order valence-corrected chi connectivity index (χ2v) is 5.64. The zero-order valence-electron chi connectivity index (χ0n) is 13.1. The van der Waals surface area contributed by atoms with Crippen LogP contribution in [0.4, 0.5) is 0 Å². The Morgan fingerprint density at radius 3 is 2.32 bits per heavy atom. The van der Waals surface area contributed by atoms with Crippen molar-refractivity contribution in [2.45, 2.75) is 45.6 Å². The van der Waals surface area contributed by atoms with Crippen LogP contribution < -0.4 is 4.74 Å². The van der Waals surface area contributed by atoms with Gasteiger partial charge in [-0.15, -0.1) is 0 Å². The van der Waals surface area contributed by atoms with E-state index in [1.54, 1.807) is 25.1 Å². The van der Waals surface area contributed by atoms with Crippen molar-refractivity contribution in [3.05, 3.63) is 42.0 Å². The standard InChI is InChI=1S/C18H22O4/c1-3-4-17(19)21-15-11-7-14(8-12-15)18(20)22-16-9-5-13(2)6-10-16/h3-6,9-10,14-15H,7-8,11-12H2,1-2H3. The molecule has 0 aromatic heterocycles. The highest BCUT2D eigenvalue weighted by Crippen LogP contribution is 2.28. The molecule has 2 rings (SSSR count). The minimum atomic E-state index is -0.312. The van der Waals surface area contributed by atoms with E-state index in [2.05, 4.69) is 0 Å². The first-order valence-electron chi connectivity index (χ1n) is 7.70. The third kappa shape index (κ3) is 4.72. The molecule has 118 valence electrons. The quantitative estimate of drug-likeness (QED) is 0.484. The van der Waals surface area contributed by atoms with Crippen molar-refractivity contribution >= 4 is 11.9 Å². The molecule has 22 heavy (non-hydrogen) atoms. The molecule has 0 heterocycles. The number of carbonyl (C=O) groups is 2. The van der Waals surface area contributed by atoms with Crippen molar-refractivity contribution in [3.8, 4) is 5.75 Å². The first-order valence-corrected chi connectivity index (χ1v) is 7.70. The number of hydrogen-bond donors (Lipinski definition) is 0. The molecule has 4 nitrogen and oxygen atoms in total. The molecule has 0 radical (unpaired) electrons. The zero-order valence-corrected chi connectivity index (χ0v) is 13.1. The van der Waals surface area contributed by atoms with Crippen molar-refractivity contribution in [1.82, 2.24) is 0 Å². The number of rotatable bonds is 4. The van der Waals surface area contributed by atoms with Crippen molar-refractivity contribution in [1.29, 1.82) is 0 Å². The molecule has 0 amide bonds. The Hall–Kier alpha value is -2.10. The van der Waals surface area contributed by atoms with Gasteiger partial charge in [0.25, 0.3) is 0 Å². The van der Waals surface area contributed by atoms with Crippen LogP contribution in [0.2, 0.25) is 0 Å². The molecule has 0 spiro atoms. The molecule has 0 saturated heterocycles. The molecule has 0 atom stereocenters. The predicted molar refractivity (Wildman–Crippen MR) is 83.5 cm³/mol. The topological polar surface area (TPSA) is 52.6 Å². The van der Waals surface area contributed by atoms with Gasteiger partial charge in [0, 0.05) is 6.08 Å². The molecule has 1 aromatic carbocycles. The maximum absolute atomic E-state index is 12.1. The molecule has 0 unspecified atom stereocenters. The third-order valence-electron chi connectivity index (χ3n) is 3.83. The lowest BCUT2D eigenvalue weighted by Crippen LogP contribution is -2.29. The largest absolute Gasteiger partial charge is 0.459 e. The number of ether oxygens (including phenoxy) is 2. The summed E-state index contributed by atoms with van der Waals surface area (Å²) in [6.45, 7) is 3.77. The molecule has 4 heteroatoms. The lowest BCUT2D eigenvalue weighted by atomic mass is 9.87. The van der Waals surface area contributed by atoms with E-state index in [4.69, 9.17) is 9.47 Å². The van der Waals surface area contributed by atoms with E-state index in [-0.39, 0.29) is 24.0 Å². The Bertz CT molecular complexity index is 537. The fraction of sp³-hybridized carbons (Fsp3) is 0.444. The van der Waals surface area contributed by atoms with E-state index in [1.165, 1.54) is 6.08 Å². The fourth-order valence-corrected chi connectivity index (χ4v) is 2.56. The normalized spacial score (nSPS) is 21.5. The summed E-state index contributed by atoms with van der Waals surface area (Å²) in [6, 6.07) is 7.44. The number of allylic oxidation sites excluding steroid dienone is 1. The summed E-state index contributed by atoms with van der Waals surface area (Å²) in [5.41, 5.74) is 1.13. The highest BCUT2D eigenvalue weighted by Gasteiger charge is 2.29. The number of aryl methyl sites for hydroxylation is 1. The lowest BCUT2D eigenvalue weighted by molar-refractivity contribution is -0.147. The van der Waals surface area contributed by atoms with Gasteiger partial charge in [0.05, 0.1) is 5.92 Å². The van der Waals surface area contributed by atoms with Crippen molar-refractivity contribution in [2.24, 2.45) is 5.92 Å². The lowest BCUT2D eigenvalue weighted by Gasteiger charge is -2.26. The summed E-state index contributed by atoms with van der Waals surface area (Å²) >= 11 is 0. The van der Waals surface area contributed by atoms with Crippen LogP contribution in [-0.4, -0.2) is 18.0 Å². The van der Waals surface area contributed by atoms with Gasteiger partial charge in [0.15, 0.2) is 0 Å². The summed E-state index contributed by atoms with van der Waals surface area (Å²) in [6.07, 6.45) is 5.78. The van der Waals surface area contributed by atoms with Crippen LogP contribution >= 0.6 is 0 Å². The predicted octanol–water partition coefficient (Wildman–Crippen LogP) is 3.58. The average Bonchev–Trinajstić information content (AvgIpc) is 2.50. The second kappa shape index (κ2) is 7.78. The summed E-state index contributed by atoms with van der Waals surface area (Å²) in [7, 11) is 0. The van der Waals surface area contributed by atoms with Crippen molar-refractivity contribution in [3.63, 3.8) is 0 Å². The Kier molecular flexibility index (Phi) is 5.75. The van der Waals surface area contributed by atoms with Crippen LogP contribution in [0.25, 0.3) is 0 Å². The van der Waals surface area contributed by atoms with Crippen LogP contribution in [0.3, 0.4) is 0 Å². The number of esters is 2. The molecule has 0 aliphatic heterocycles. The molecule has 1 aliphatic carbocycles. The molecular formula is C18H22O4. The highest BCUT2D eigenvalue weighted by atomic mass is 16.5. The minimum Gasteiger partial charge on any atom is -0.459 e. The van der Waals surface area contributed by atoms with E-state index in [0.29, 0.717) is 31.4 Å². The van der Waals surface area contributed by atoms with Gasteiger partial charge in [-0.05, 0) is 51.7 Å². The molecule has 0 N–H and O–H groups in total. The summed E-state index contributed by atoms with van der Waals surface area (Å²) < 4.78 is 10.7. The van der Waals surface area contributed by atoms with Gasteiger partial charge in [0.1, 0.15) is 11.9 Å². The smallest absolute Gasteiger partial charge is 0.330 e. The van der Waals surface area contributed by atoms with Gasteiger partial charge in [0.2, 0.25) is 0 Å². The van der Waals surface area contributed by atoms with Gasteiger partial charge in [-0.1, -0.05) is 23.8 Å². The first kappa shape index (κ1) is 16.3. The van der Waals surface area contributed by atoms with Crippen LogP contribution in [-0.2, 0) is 14.3 Å². The highest BCUT2D eigenvalue weighted by molar-refractivity contribution is 5.82. The maximum atomic E-state index is 12.1. The van der Waals surface area contributed by atoms with Crippen LogP contribution in [0, 0.1) is 12.8 Å². The van der Waals surface area contributed by atoms with E-state index in [9.17, 15) is 9.59 Å². The number of carbonyl (C=O) groups excluding carboxylic acids is 2. The van der Waals surface area contributed by atoms with E-state index in [1.807, 2.05) is 19.1 Å². The Labute approximate surface area is 131 Å². The van der Waals surface area contributed by atoms with Gasteiger partial charge in [-0.2, -0.15) is 0 Å². The third-order valence-corrected chi connectivity index (χ3v) is 3.83.